The number of nitrogens with zero attached hydrogens (tertiary/aromatic N) is 2. The van der Waals surface area contributed by atoms with Crippen LogP contribution in [0.5, 0.6) is 0 Å². The van der Waals surface area contributed by atoms with E-state index in [0.29, 0.717) is 0 Å². The zero-order valence-electron chi connectivity index (χ0n) is 14.3. The third kappa shape index (κ3) is 3.66. The van der Waals surface area contributed by atoms with Gasteiger partial charge in [-0.25, -0.2) is 4.79 Å². The van der Waals surface area contributed by atoms with Crippen LogP contribution >= 0.6 is 0 Å². The monoisotopic (exact) mass is 356 g/mol. The van der Waals surface area contributed by atoms with E-state index in [1.165, 1.54) is 19.2 Å². The lowest BCUT2D eigenvalue weighted by Crippen LogP contribution is -2.51. The molecule has 2 unspecified atom stereocenters. The van der Waals surface area contributed by atoms with Crippen LogP contribution in [0.3, 0.4) is 0 Å². The van der Waals surface area contributed by atoms with E-state index < -0.39 is 48.3 Å². The number of ether oxygens (including phenoxy) is 2. The Hall–Kier alpha value is -2.01. The van der Waals surface area contributed by atoms with Crippen LogP contribution in [0.1, 0.15) is 27.0 Å². The second-order valence-corrected chi connectivity index (χ2v) is 6.60. The Bertz CT molecular complexity index is 689. The Morgan fingerprint density at radius 1 is 1.56 bits per heavy atom. The van der Waals surface area contributed by atoms with Crippen molar-refractivity contribution in [3.05, 3.63) is 22.7 Å². The van der Waals surface area contributed by atoms with E-state index in [2.05, 4.69) is 4.98 Å². The number of carbonyl (C=O) groups excluding carboxylic acids is 1. The first-order valence-electron chi connectivity index (χ1n) is 7.89. The quantitative estimate of drug-likeness (QED) is 0.453. The summed E-state index contributed by atoms with van der Waals surface area (Å²) in [5.74, 6) is -0.888. The molecule has 1 aromatic heterocycles. The van der Waals surface area contributed by atoms with Gasteiger partial charge in [0, 0.05) is 6.20 Å². The molecule has 0 saturated carbocycles. The molecule has 0 amide bonds. The van der Waals surface area contributed by atoms with Crippen LogP contribution < -0.4 is 17.2 Å². The van der Waals surface area contributed by atoms with E-state index in [9.17, 15) is 19.8 Å². The molecule has 2 rings (SSSR count). The van der Waals surface area contributed by atoms with Crippen molar-refractivity contribution in [1.29, 1.82) is 0 Å². The zero-order chi connectivity index (χ0) is 18.9. The maximum atomic E-state index is 12.2. The summed E-state index contributed by atoms with van der Waals surface area (Å²) in [6, 6.07) is 0.470. The molecule has 1 saturated heterocycles. The lowest BCUT2D eigenvalue weighted by Gasteiger charge is -2.30. The molecule has 0 aliphatic carbocycles. The van der Waals surface area contributed by atoms with Gasteiger partial charge in [-0.05, 0) is 18.9 Å². The first-order valence-corrected chi connectivity index (χ1v) is 7.89. The van der Waals surface area contributed by atoms with Gasteiger partial charge in [-0.3, -0.25) is 9.36 Å². The van der Waals surface area contributed by atoms with Crippen molar-refractivity contribution in [1.82, 2.24) is 9.55 Å². The molecule has 0 spiro atoms. The van der Waals surface area contributed by atoms with Crippen molar-refractivity contribution in [3.8, 4) is 0 Å². The van der Waals surface area contributed by atoms with E-state index >= 15 is 0 Å². The fourth-order valence-corrected chi connectivity index (χ4v) is 2.65. The van der Waals surface area contributed by atoms with Crippen molar-refractivity contribution in [3.63, 3.8) is 0 Å². The zero-order valence-corrected chi connectivity index (χ0v) is 14.3. The highest BCUT2D eigenvalue weighted by molar-refractivity contribution is 5.76. The van der Waals surface area contributed by atoms with Gasteiger partial charge in [0.25, 0.3) is 0 Å². The Morgan fingerprint density at radius 3 is 2.72 bits per heavy atom. The van der Waals surface area contributed by atoms with Crippen LogP contribution in [0, 0.1) is 5.92 Å². The van der Waals surface area contributed by atoms with E-state index in [1.54, 1.807) is 13.8 Å². The maximum Gasteiger partial charge on any atom is 0.351 e. The summed E-state index contributed by atoms with van der Waals surface area (Å²) in [5.41, 5.74) is 8.67. The van der Waals surface area contributed by atoms with E-state index in [4.69, 9.17) is 20.9 Å². The van der Waals surface area contributed by atoms with Gasteiger partial charge in [0.2, 0.25) is 0 Å². The number of nitrogens with two attached hydrogens (primary N) is 2. The molecule has 0 aromatic carbocycles. The van der Waals surface area contributed by atoms with Gasteiger partial charge in [-0.1, -0.05) is 13.8 Å². The first kappa shape index (κ1) is 19.3. The number of aliphatic hydroxyl groups is 2. The van der Waals surface area contributed by atoms with Gasteiger partial charge in [0.05, 0.1) is 6.61 Å². The summed E-state index contributed by atoms with van der Waals surface area (Å²) in [6.07, 6.45) is -2.17. The maximum absolute atomic E-state index is 12.2. The van der Waals surface area contributed by atoms with Gasteiger partial charge in [-0.2, -0.15) is 4.98 Å². The van der Waals surface area contributed by atoms with Gasteiger partial charge in [0.15, 0.2) is 12.3 Å². The third-order valence-corrected chi connectivity index (χ3v) is 4.23. The number of aliphatic hydroxyl groups excluding tert-OH is 1. The molecule has 1 aliphatic heterocycles. The van der Waals surface area contributed by atoms with E-state index in [0.717, 1.165) is 4.57 Å². The predicted octanol–water partition coefficient (Wildman–Crippen LogP) is -1.64. The SMILES string of the molecule is CC(C)C(N)C(=O)O[C@H]1[C@H](CO)O[C@H](n2ccc(N)nc2=O)C1(C)O. The Labute approximate surface area is 144 Å². The second-order valence-electron chi connectivity index (χ2n) is 6.60. The summed E-state index contributed by atoms with van der Waals surface area (Å²) in [5, 5.41) is 20.4. The molecule has 1 aliphatic rings. The lowest BCUT2D eigenvalue weighted by atomic mass is 9.95. The first-order chi connectivity index (χ1) is 11.6. The van der Waals surface area contributed by atoms with Gasteiger partial charge in [-0.15, -0.1) is 0 Å². The largest absolute Gasteiger partial charge is 0.455 e. The summed E-state index contributed by atoms with van der Waals surface area (Å²) in [4.78, 5) is 27.8. The van der Waals surface area contributed by atoms with Crippen LogP contribution in [0.4, 0.5) is 5.82 Å². The number of aromatic nitrogens is 2. The average Bonchev–Trinajstić information content (AvgIpc) is 2.77. The highest BCUT2D eigenvalue weighted by Gasteiger charge is 2.56. The molecular formula is C15H24N4O6. The minimum atomic E-state index is -1.80. The molecule has 0 bridgehead atoms. The molecule has 25 heavy (non-hydrogen) atoms. The Balaban J connectivity index is 2.32. The number of carbonyl (C=O) groups is 1. The summed E-state index contributed by atoms with van der Waals surface area (Å²) in [6.45, 7) is 4.32. The standard InChI is InChI=1S/C15H24N4O6/c1-7(2)10(17)12(21)25-11-8(6-20)24-13(15(11,3)23)19-5-4-9(16)18-14(19)22/h4-5,7-8,10-11,13,20,23H,6,17H2,1-3H3,(H2,16,18,22)/t8-,10?,11-,13-,15?/m0/s1. The normalized spacial score (nSPS) is 30.4. The molecular weight excluding hydrogens is 332 g/mol. The van der Waals surface area contributed by atoms with Gasteiger partial charge < -0.3 is 31.2 Å². The van der Waals surface area contributed by atoms with Crippen LogP contribution in [0.15, 0.2) is 17.1 Å². The number of rotatable bonds is 5. The van der Waals surface area contributed by atoms with Gasteiger partial charge in [0.1, 0.15) is 23.6 Å². The molecule has 5 atom stereocenters. The number of hydrogen-bond acceptors (Lipinski definition) is 9. The smallest absolute Gasteiger partial charge is 0.351 e. The Morgan fingerprint density at radius 2 is 2.20 bits per heavy atom. The van der Waals surface area contributed by atoms with Gasteiger partial charge >= 0.3 is 11.7 Å². The highest BCUT2D eigenvalue weighted by atomic mass is 16.6. The van der Waals surface area contributed by atoms with Crippen molar-refractivity contribution in [2.75, 3.05) is 12.3 Å². The van der Waals surface area contributed by atoms with Crippen molar-refractivity contribution < 1.29 is 24.5 Å². The average molecular weight is 356 g/mol. The minimum absolute atomic E-state index is 0.0171. The fraction of sp³-hybridized carbons (Fsp3) is 0.667. The molecule has 140 valence electrons. The van der Waals surface area contributed by atoms with Crippen LogP contribution in [-0.4, -0.2) is 56.2 Å². The van der Waals surface area contributed by atoms with Crippen LogP contribution in [-0.2, 0) is 14.3 Å². The molecule has 0 radical (unpaired) electrons. The van der Waals surface area contributed by atoms with Crippen LogP contribution in [0.25, 0.3) is 0 Å². The third-order valence-electron chi connectivity index (χ3n) is 4.23. The molecule has 6 N–H and O–H groups in total. The summed E-state index contributed by atoms with van der Waals surface area (Å²) >= 11 is 0. The molecule has 10 nitrogen and oxygen atoms in total. The molecule has 1 aromatic rings. The van der Waals surface area contributed by atoms with Crippen LogP contribution in [0.2, 0.25) is 0 Å². The molecule has 1 fully saturated rings. The highest BCUT2D eigenvalue weighted by Crippen LogP contribution is 2.39. The van der Waals surface area contributed by atoms with Crippen molar-refractivity contribution >= 4 is 11.8 Å². The number of anilines is 1. The fourth-order valence-electron chi connectivity index (χ4n) is 2.65. The molecule has 10 heteroatoms. The topological polar surface area (TPSA) is 163 Å². The van der Waals surface area contributed by atoms with E-state index in [-0.39, 0.29) is 11.7 Å². The lowest BCUT2D eigenvalue weighted by molar-refractivity contribution is -0.166. The number of hydrogen-bond donors (Lipinski definition) is 4. The predicted molar refractivity (Wildman–Crippen MR) is 87.2 cm³/mol. The molecule has 2 heterocycles. The Kier molecular flexibility index (Phi) is 5.47. The summed E-state index contributed by atoms with van der Waals surface area (Å²) < 4.78 is 11.9. The minimum Gasteiger partial charge on any atom is -0.455 e. The van der Waals surface area contributed by atoms with Crippen molar-refractivity contribution in [2.24, 2.45) is 11.7 Å². The van der Waals surface area contributed by atoms with Crippen molar-refractivity contribution in [2.45, 2.75) is 50.8 Å². The second kappa shape index (κ2) is 7.08. The number of esters is 1. The summed E-state index contributed by atoms with van der Waals surface area (Å²) in [7, 11) is 0. The van der Waals surface area contributed by atoms with E-state index in [1.807, 2.05) is 0 Å². The number of nitrogen functional groups attached to an aromatic ring is 1.